The molecule has 18 heavy (non-hydrogen) atoms. The van der Waals surface area contributed by atoms with Gasteiger partial charge in [0.25, 0.3) is 0 Å². The molecular weight excluding hydrogens is 220 g/mol. The summed E-state index contributed by atoms with van der Waals surface area (Å²) in [5.41, 5.74) is 2.79. The monoisotopic (exact) mass is 240 g/mol. The zero-order valence-corrected chi connectivity index (χ0v) is 11.1. The maximum Gasteiger partial charge on any atom is 0.115 e. The van der Waals surface area contributed by atoms with Crippen LogP contribution in [0.2, 0.25) is 0 Å². The van der Waals surface area contributed by atoms with Crippen LogP contribution in [0.25, 0.3) is 0 Å². The Labute approximate surface area is 109 Å². The van der Waals surface area contributed by atoms with Gasteiger partial charge in [0.2, 0.25) is 0 Å². The summed E-state index contributed by atoms with van der Waals surface area (Å²) >= 11 is 0. The first kappa shape index (κ1) is 12.7. The Morgan fingerprint density at radius 3 is 2.11 bits per heavy atom. The molecule has 0 radical (unpaired) electrons. The summed E-state index contributed by atoms with van der Waals surface area (Å²) in [7, 11) is 0. The molecule has 0 aliphatic heterocycles. The Morgan fingerprint density at radius 2 is 1.56 bits per heavy atom. The molecule has 1 unspecified atom stereocenters. The van der Waals surface area contributed by atoms with Crippen LogP contribution in [0.4, 0.5) is 0 Å². The summed E-state index contributed by atoms with van der Waals surface area (Å²) in [6.07, 6.45) is 2.09. The van der Waals surface area contributed by atoms with E-state index in [1.165, 1.54) is 11.1 Å². The third-order valence-electron chi connectivity index (χ3n) is 3.78. The van der Waals surface area contributed by atoms with E-state index in [9.17, 15) is 5.11 Å². The van der Waals surface area contributed by atoms with Crippen LogP contribution in [0, 0.1) is 0 Å². The molecular formula is C17H20O. The van der Waals surface area contributed by atoms with E-state index in [0.717, 1.165) is 12.8 Å². The Balaban J connectivity index is 2.26. The van der Waals surface area contributed by atoms with Gasteiger partial charge in [0, 0.05) is 0 Å². The molecule has 0 aliphatic carbocycles. The van der Waals surface area contributed by atoms with Gasteiger partial charge < -0.3 is 5.11 Å². The minimum absolute atomic E-state index is 0.151. The summed E-state index contributed by atoms with van der Waals surface area (Å²) in [4.78, 5) is 0. The molecule has 0 saturated carbocycles. The van der Waals surface area contributed by atoms with Crippen molar-refractivity contribution >= 4 is 0 Å². The van der Waals surface area contributed by atoms with Crippen molar-refractivity contribution in [2.24, 2.45) is 0 Å². The highest BCUT2D eigenvalue weighted by molar-refractivity contribution is 5.31. The second kappa shape index (κ2) is 5.26. The van der Waals surface area contributed by atoms with E-state index in [1.54, 1.807) is 12.1 Å². The van der Waals surface area contributed by atoms with Gasteiger partial charge in [-0.3, -0.25) is 0 Å². The average Bonchev–Trinajstić information content (AvgIpc) is 2.42. The molecule has 2 aromatic rings. The van der Waals surface area contributed by atoms with E-state index in [2.05, 4.69) is 44.2 Å². The number of hydrogen-bond acceptors (Lipinski definition) is 1. The molecule has 0 saturated heterocycles. The molecule has 94 valence electrons. The second-order valence-electron chi connectivity index (χ2n) is 5.12. The third kappa shape index (κ3) is 2.73. The molecule has 0 aromatic heterocycles. The number of aromatic hydroxyl groups is 1. The van der Waals surface area contributed by atoms with E-state index in [4.69, 9.17) is 0 Å². The van der Waals surface area contributed by atoms with Gasteiger partial charge in [-0.05, 0) is 41.5 Å². The van der Waals surface area contributed by atoms with Crippen LogP contribution in [0.15, 0.2) is 54.6 Å². The molecule has 1 heteroatoms. The number of phenols is 1. The Hall–Kier alpha value is -1.76. The number of phenolic OH excluding ortho intramolecular Hbond substituents is 1. The standard InChI is InChI=1S/C17H20O/c1-3-17(2,15-7-5-4-6-8-15)13-14-9-11-16(18)12-10-14/h4-12,18H,3,13H2,1-2H3. The Morgan fingerprint density at radius 1 is 0.944 bits per heavy atom. The molecule has 0 spiro atoms. The fourth-order valence-electron chi connectivity index (χ4n) is 2.34. The van der Waals surface area contributed by atoms with Gasteiger partial charge in [0.1, 0.15) is 5.75 Å². The van der Waals surface area contributed by atoms with Crippen molar-refractivity contribution in [3.63, 3.8) is 0 Å². The normalized spacial score (nSPS) is 14.1. The first-order chi connectivity index (χ1) is 8.64. The minimum Gasteiger partial charge on any atom is -0.508 e. The van der Waals surface area contributed by atoms with Gasteiger partial charge in [-0.15, -0.1) is 0 Å². The molecule has 2 aromatic carbocycles. The highest BCUT2D eigenvalue weighted by Crippen LogP contribution is 2.31. The molecule has 1 atom stereocenters. The van der Waals surface area contributed by atoms with Gasteiger partial charge in [0.05, 0.1) is 0 Å². The lowest BCUT2D eigenvalue weighted by molar-refractivity contribution is 0.450. The van der Waals surface area contributed by atoms with E-state index in [0.29, 0.717) is 5.75 Å². The fourth-order valence-corrected chi connectivity index (χ4v) is 2.34. The molecule has 0 heterocycles. The molecule has 0 amide bonds. The number of rotatable bonds is 4. The van der Waals surface area contributed by atoms with Crippen molar-refractivity contribution in [3.8, 4) is 5.75 Å². The summed E-state index contributed by atoms with van der Waals surface area (Å²) in [5, 5.41) is 9.33. The molecule has 0 fully saturated rings. The predicted molar refractivity (Wildman–Crippen MR) is 75.9 cm³/mol. The van der Waals surface area contributed by atoms with Gasteiger partial charge >= 0.3 is 0 Å². The van der Waals surface area contributed by atoms with Crippen LogP contribution in [0.3, 0.4) is 0 Å². The summed E-state index contributed by atoms with van der Waals surface area (Å²) < 4.78 is 0. The quantitative estimate of drug-likeness (QED) is 0.844. The van der Waals surface area contributed by atoms with Crippen molar-refractivity contribution < 1.29 is 5.11 Å². The first-order valence-electron chi connectivity index (χ1n) is 6.47. The third-order valence-corrected chi connectivity index (χ3v) is 3.78. The van der Waals surface area contributed by atoms with E-state index in [-0.39, 0.29) is 5.41 Å². The molecule has 1 N–H and O–H groups in total. The van der Waals surface area contributed by atoms with E-state index in [1.807, 2.05) is 12.1 Å². The second-order valence-corrected chi connectivity index (χ2v) is 5.12. The van der Waals surface area contributed by atoms with Crippen LogP contribution >= 0.6 is 0 Å². The first-order valence-corrected chi connectivity index (χ1v) is 6.47. The summed E-state index contributed by atoms with van der Waals surface area (Å²) in [6, 6.07) is 18.2. The van der Waals surface area contributed by atoms with Crippen LogP contribution < -0.4 is 0 Å². The van der Waals surface area contributed by atoms with Crippen molar-refractivity contribution in [3.05, 3.63) is 65.7 Å². The fraction of sp³-hybridized carbons (Fsp3) is 0.294. The highest BCUT2D eigenvalue weighted by Gasteiger charge is 2.24. The van der Waals surface area contributed by atoms with Crippen LogP contribution in [0.1, 0.15) is 31.4 Å². The summed E-state index contributed by atoms with van der Waals surface area (Å²) in [6.45, 7) is 4.53. The maximum absolute atomic E-state index is 9.33. The van der Waals surface area contributed by atoms with Crippen molar-refractivity contribution in [2.45, 2.75) is 32.1 Å². The van der Waals surface area contributed by atoms with Crippen LogP contribution in [0.5, 0.6) is 5.75 Å². The topological polar surface area (TPSA) is 20.2 Å². The molecule has 1 nitrogen and oxygen atoms in total. The van der Waals surface area contributed by atoms with Crippen molar-refractivity contribution in [2.75, 3.05) is 0 Å². The van der Waals surface area contributed by atoms with E-state index >= 15 is 0 Å². The van der Waals surface area contributed by atoms with Crippen molar-refractivity contribution in [1.29, 1.82) is 0 Å². The summed E-state index contributed by atoms with van der Waals surface area (Å²) in [5.74, 6) is 0.330. The maximum atomic E-state index is 9.33. The highest BCUT2D eigenvalue weighted by atomic mass is 16.3. The largest absolute Gasteiger partial charge is 0.508 e. The zero-order chi connectivity index (χ0) is 13.0. The SMILES string of the molecule is CCC(C)(Cc1ccc(O)cc1)c1ccccc1. The predicted octanol–water partition coefficient (Wildman–Crippen LogP) is 4.30. The zero-order valence-electron chi connectivity index (χ0n) is 11.1. The van der Waals surface area contributed by atoms with Gasteiger partial charge in [-0.1, -0.05) is 56.3 Å². The molecule has 0 aliphatic rings. The van der Waals surface area contributed by atoms with Crippen LogP contribution in [-0.2, 0) is 11.8 Å². The minimum atomic E-state index is 0.151. The Bertz CT molecular complexity index is 487. The van der Waals surface area contributed by atoms with Gasteiger partial charge in [-0.2, -0.15) is 0 Å². The van der Waals surface area contributed by atoms with Gasteiger partial charge in [0.15, 0.2) is 0 Å². The molecule has 2 rings (SSSR count). The van der Waals surface area contributed by atoms with Crippen LogP contribution in [-0.4, -0.2) is 5.11 Å². The Kier molecular flexibility index (Phi) is 3.71. The van der Waals surface area contributed by atoms with Crippen molar-refractivity contribution in [1.82, 2.24) is 0 Å². The smallest absolute Gasteiger partial charge is 0.115 e. The van der Waals surface area contributed by atoms with Gasteiger partial charge in [-0.25, -0.2) is 0 Å². The average molecular weight is 240 g/mol. The van der Waals surface area contributed by atoms with E-state index < -0.39 is 0 Å². The number of benzene rings is 2. The number of hydrogen-bond donors (Lipinski definition) is 1. The lowest BCUT2D eigenvalue weighted by atomic mass is 9.75. The lowest BCUT2D eigenvalue weighted by Crippen LogP contribution is -2.23. The molecule has 0 bridgehead atoms. The lowest BCUT2D eigenvalue weighted by Gasteiger charge is -2.29.